The molecule has 88 valence electrons. The molecule has 0 amide bonds. The number of rotatable bonds is 6. The number of carboxylic acids is 1. The van der Waals surface area contributed by atoms with E-state index >= 15 is 0 Å². The van der Waals surface area contributed by atoms with Gasteiger partial charge in [-0.3, -0.25) is 9.69 Å². The van der Waals surface area contributed by atoms with Crippen molar-refractivity contribution in [1.82, 2.24) is 4.90 Å². The Balaban J connectivity index is 2.36. The lowest BCUT2D eigenvalue weighted by Crippen LogP contribution is -2.41. The second kappa shape index (κ2) is 6.80. The summed E-state index contributed by atoms with van der Waals surface area (Å²) < 4.78 is 0. The Bertz CT molecular complexity index is 191. The molecule has 0 aromatic rings. The maximum atomic E-state index is 10.5. The molecule has 0 aliphatic heterocycles. The Morgan fingerprint density at radius 1 is 1.27 bits per heavy atom. The molecule has 4 heteroatoms. The van der Waals surface area contributed by atoms with Gasteiger partial charge >= 0.3 is 5.97 Å². The van der Waals surface area contributed by atoms with Gasteiger partial charge in [0.15, 0.2) is 0 Å². The van der Waals surface area contributed by atoms with Crippen LogP contribution in [0, 0.1) is 0 Å². The van der Waals surface area contributed by atoms with Crippen molar-refractivity contribution in [2.24, 2.45) is 5.73 Å². The summed E-state index contributed by atoms with van der Waals surface area (Å²) in [6.45, 7) is 2.10. The van der Waals surface area contributed by atoms with E-state index in [9.17, 15) is 4.79 Å². The third-order valence-electron chi connectivity index (χ3n) is 3.12. The van der Waals surface area contributed by atoms with E-state index in [4.69, 9.17) is 10.8 Å². The maximum absolute atomic E-state index is 10.5. The van der Waals surface area contributed by atoms with Crippen molar-refractivity contribution >= 4 is 5.97 Å². The van der Waals surface area contributed by atoms with Crippen LogP contribution in [-0.4, -0.2) is 41.7 Å². The highest BCUT2D eigenvalue weighted by atomic mass is 16.4. The average Bonchev–Trinajstić information content (AvgIpc) is 2.25. The number of nitrogens with zero attached hydrogens (tertiary/aromatic N) is 1. The molecule has 0 atom stereocenters. The molecular weight excluding hydrogens is 192 g/mol. The maximum Gasteiger partial charge on any atom is 0.304 e. The first-order valence-electron chi connectivity index (χ1n) is 5.90. The van der Waals surface area contributed by atoms with Crippen LogP contribution in [-0.2, 0) is 4.79 Å². The van der Waals surface area contributed by atoms with Crippen LogP contribution in [0.1, 0.15) is 38.5 Å². The van der Waals surface area contributed by atoms with Gasteiger partial charge < -0.3 is 10.8 Å². The van der Waals surface area contributed by atoms with Crippen molar-refractivity contribution in [2.75, 3.05) is 19.6 Å². The molecule has 15 heavy (non-hydrogen) atoms. The van der Waals surface area contributed by atoms with Crippen LogP contribution in [0.25, 0.3) is 0 Å². The molecule has 0 spiro atoms. The number of carbonyl (C=O) groups is 1. The zero-order valence-corrected chi connectivity index (χ0v) is 9.32. The molecule has 1 fully saturated rings. The lowest BCUT2D eigenvalue weighted by molar-refractivity contribution is -0.137. The fourth-order valence-corrected chi connectivity index (χ4v) is 2.33. The van der Waals surface area contributed by atoms with Crippen LogP contribution in [0.3, 0.4) is 0 Å². The van der Waals surface area contributed by atoms with Gasteiger partial charge in [-0.05, 0) is 12.8 Å². The van der Waals surface area contributed by atoms with Gasteiger partial charge in [0.2, 0.25) is 0 Å². The van der Waals surface area contributed by atoms with Crippen LogP contribution in [0.5, 0.6) is 0 Å². The normalized spacial score (nSPS) is 18.3. The molecule has 0 unspecified atom stereocenters. The van der Waals surface area contributed by atoms with Gasteiger partial charge in [-0.15, -0.1) is 0 Å². The molecule has 4 nitrogen and oxygen atoms in total. The Kier molecular flexibility index (Phi) is 5.65. The molecular formula is C11H22N2O2. The third kappa shape index (κ3) is 4.62. The van der Waals surface area contributed by atoms with E-state index in [2.05, 4.69) is 4.90 Å². The van der Waals surface area contributed by atoms with E-state index in [0.29, 0.717) is 19.1 Å². The standard InChI is InChI=1S/C11H22N2O2/c12-7-9-13(8-6-11(14)15)10-4-2-1-3-5-10/h10H,1-9,12H2,(H,14,15). The molecule has 0 aromatic heterocycles. The average molecular weight is 214 g/mol. The highest BCUT2D eigenvalue weighted by molar-refractivity contribution is 5.66. The SMILES string of the molecule is NCCN(CCC(=O)O)C1CCCCC1. The van der Waals surface area contributed by atoms with E-state index in [1.54, 1.807) is 0 Å². The van der Waals surface area contributed by atoms with Crippen molar-refractivity contribution in [2.45, 2.75) is 44.6 Å². The van der Waals surface area contributed by atoms with E-state index < -0.39 is 5.97 Å². The molecule has 0 radical (unpaired) electrons. The largest absolute Gasteiger partial charge is 0.481 e. The number of hydrogen-bond donors (Lipinski definition) is 2. The lowest BCUT2D eigenvalue weighted by Gasteiger charge is -2.33. The van der Waals surface area contributed by atoms with Crippen molar-refractivity contribution < 1.29 is 9.90 Å². The highest BCUT2D eigenvalue weighted by Gasteiger charge is 2.20. The molecule has 0 aromatic carbocycles. The van der Waals surface area contributed by atoms with E-state index in [1.165, 1.54) is 32.1 Å². The minimum Gasteiger partial charge on any atom is -0.481 e. The second-order valence-corrected chi connectivity index (χ2v) is 4.26. The number of aliphatic carboxylic acids is 1. The van der Waals surface area contributed by atoms with Gasteiger partial charge in [0, 0.05) is 25.7 Å². The fraction of sp³-hybridized carbons (Fsp3) is 0.909. The minimum absolute atomic E-state index is 0.233. The quantitative estimate of drug-likeness (QED) is 0.693. The summed E-state index contributed by atoms with van der Waals surface area (Å²) in [5.74, 6) is -0.715. The Morgan fingerprint density at radius 2 is 1.93 bits per heavy atom. The van der Waals surface area contributed by atoms with Crippen LogP contribution in [0.2, 0.25) is 0 Å². The minimum atomic E-state index is -0.715. The number of carboxylic acid groups (broad SMARTS) is 1. The molecule has 3 N–H and O–H groups in total. The molecule has 0 heterocycles. The van der Waals surface area contributed by atoms with Crippen LogP contribution in [0.4, 0.5) is 0 Å². The Hall–Kier alpha value is -0.610. The smallest absolute Gasteiger partial charge is 0.304 e. The van der Waals surface area contributed by atoms with Crippen molar-refractivity contribution in [3.63, 3.8) is 0 Å². The highest BCUT2D eigenvalue weighted by Crippen LogP contribution is 2.22. The first kappa shape index (κ1) is 12.5. The summed E-state index contributed by atoms with van der Waals surface area (Å²) in [5.41, 5.74) is 5.55. The summed E-state index contributed by atoms with van der Waals surface area (Å²) in [7, 11) is 0. The van der Waals surface area contributed by atoms with Gasteiger partial charge in [0.25, 0.3) is 0 Å². The second-order valence-electron chi connectivity index (χ2n) is 4.26. The predicted octanol–water partition coefficient (Wildman–Crippen LogP) is 1.05. The Morgan fingerprint density at radius 3 is 2.47 bits per heavy atom. The molecule has 1 aliphatic rings. The van der Waals surface area contributed by atoms with Gasteiger partial charge in [0.1, 0.15) is 0 Å². The molecule has 1 saturated carbocycles. The topological polar surface area (TPSA) is 66.6 Å². The molecule has 0 bridgehead atoms. The summed E-state index contributed by atoms with van der Waals surface area (Å²) in [4.78, 5) is 12.8. The number of hydrogen-bond acceptors (Lipinski definition) is 3. The van der Waals surface area contributed by atoms with Crippen LogP contribution in [0.15, 0.2) is 0 Å². The molecule has 1 rings (SSSR count). The van der Waals surface area contributed by atoms with E-state index in [1.807, 2.05) is 0 Å². The van der Waals surface area contributed by atoms with E-state index in [0.717, 1.165) is 6.54 Å². The lowest BCUT2D eigenvalue weighted by atomic mass is 9.94. The summed E-state index contributed by atoms with van der Waals surface area (Å²) in [6.07, 6.45) is 6.53. The van der Waals surface area contributed by atoms with Crippen molar-refractivity contribution in [3.8, 4) is 0 Å². The summed E-state index contributed by atoms with van der Waals surface area (Å²) >= 11 is 0. The summed E-state index contributed by atoms with van der Waals surface area (Å²) in [6, 6.07) is 0.571. The summed E-state index contributed by atoms with van der Waals surface area (Å²) in [5, 5.41) is 8.67. The predicted molar refractivity (Wildman–Crippen MR) is 59.8 cm³/mol. The monoisotopic (exact) mass is 214 g/mol. The first-order chi connectivity index (χ1) is 7.24. The first-order valence-corrected chi connectivity index (χ1v) is 5.90. The molecule has 1 aliphatic carbocycles. The zero-order valence-electron chi connectivity index (χ0n) is 9.32. The van der Waals surface area contributed by atoms with Crippen LogP contribution < -0.4 is 5.73 Å². The number of nitrogens with two attached hydrogens (primary N) is 1. The molecule has 0 saturated heterocycles. The Labute approximate surface area is 91.4 Å². The van der Waals surface area contributed by atoms with Gasteiger partial charge in [-0.2, -0.15) is 0 Å². The zero-order chi connectivity index (χ0) is 11.1. The van der Waals surface area contributed by atoms with Crippen molar-refractivity contribution in [1.29, 1.82) is 0 Å². The fourth-order valence-electron chi connectivity index (χ4n) is 2.33. The third-order valence-corrected chi connectivity index (χ3v) is 3.12. The van der Waals surface area contributed by atoms with Crippen LogP contribution >= 0.6 is 0 Å². The van der Waals surface area contributed by atoms with Gasteiger partial charge in [-0.25, -0.2) is 0 Å². The van der Waals surface area contributed by atoms with Crippen molar-refractivity contribution in [3.05, 3.63) is 0 Å². The van der Waals surface area contributed by atoms with Gasteiger partial charge in [-0.1, -0.05) is 19.3 Å². The van der Waals surface area contributed by atoms with E-state index in [-0.39, 0.29) is 6.42 Å². The van der Waals surface area contributed by atoms with Gasteiger partial charge in [0.05, 0.1) is 6.42 Å².